The van der Waals surface area contributed by atoms with Crippen molar-refractivity contribution in [3.05, 3.63) is 80.8 Å². The number of sulfonamides is 1. The van der Waals surface area contributed by atoms with Crippen LogP contribution in [0.2, 0.25) is 5.02 Å². The Balaban J connectivity index is 1.82. The summed E-state index contributed by atoms with van der Waals surface area (Å²) in [7, 11) is -2.29. The fraction of sp³-hybridized carbons (Fsp3) is 0.200. The summed E-state index contributed by atoms with van der Waals surface area (Å²) in [6.07, 6.45) is 0.633. The van der Waals surface area contributed by atoms with Crippen LogP contribution >= 0.6 is 22.9 Å². The topological polar surface area (TPSA) is 46.6 Å². The van der Waals surface area contributed by atoms with Crippen LogP contribution in [0.25, 0.3) is 0 Å². The second-order valence-corrected chi connectivity index (χ2v) is 9.71. The van der Waals surface area contributed by atoms with Crippen molar-refractivity contribution in [2.24, 2.45) is 0 Å². The Kier molecular flexibility index (Phi) is 5.18. The zero-order valence-electron chi connectivity index (χ0n) is 14.9. The van der Waals surface area contributed by atoms with Crippen LogP contribution in [0.15, 0.2) is 58.8 Å². The largest absolute Gasteiger partial charge is 0.497 e. The highest BCUT2D eigenvalue weighted by Gasteiger charge is 2.38. The lowest BCUT2D eigenvalue weighted by atomic mass is 9.95. The van der Waals surface area contributed by atoms with Crippen molar-refractivity contribution in [1.29, 1.82) is 0 Å². The molecule has 2 aromatic carbocycles. The lowest BCUT2D eigenvalue weighted by Crippen LogP contribution is -2.40. The summed E-state index contributed by atoms with van der Waals surface area (Å²) >= 11 is 7.47. The Bertz CT molecular complexity index is 1110. The van der Waals surface area contributed by atoms with Gasteiger partial charge in [0.15, 0.2) is 0 Å². The predicted molar refractivity (Wildman–Crippen MR) is 108 cm³/mol. The third-order valence-corrected chi connectivity index (χ3v) is 8.00. The minimum Gasteiger partial charge on any atom is -0.497 e. The summed E-state index contributed by atoms with van der Waals surface area (Å²) in [5, 5.41) is 1.77. The van der Waals surface area contributed by atoms with E-state index in [1.54, 1.807) is 18.4 Å². The molecule has 4 nitrogen and oxygen atoms in total. The highest BCUT2D eigenvalue weighted by molar-refractivity contribution is 7.89. The molecular formula is C20H17ClFNO3S2. The molecule has 3 aromatic rings. The standard InChI is InChI=1S/C20H17ClFNO3S2/c1-26-14-4-2-13(3-5-14)20-16-9-11-27-19(16)8-10-23(20)28(24,25)15-6-7-18(22)17(21)12-15/h2-7,9,11-12,20H,8,10H2,1H3/t20-/m1/s1. The molecule has 0 radical (unpaired) electrons. The second kappa shape index (κ2) is 7.48. The number of ether oxygens (including phenoxy) is 1. The Morgan fingerprint density at radius 2 is 1.93 bits per heavy atom. The summed E-state index contributed by atoms with van der Waals surface area (Å²) < 4.78 is 47.1. The molecule has 4 rings (SSSR count). The zero-order valence-corrected chi connectivity index (χ0v) is 17.3. The number of rotatable bonds is 4. The molecule has 0 unspecified atom stereocenters. The minimum atomic E-state index is -3.88. The van der Waals surface area contributed by atoms with Gasteiger partial charge in [0, 0.05) is 11.4 Å². The highest BCUT2D eigenvalue weighted by atomic mass is 35.5. The number of fused-ring (bicyclic) bond motifs is 1. The molecule has 28 heavy (non-hydrogen) atoms. The average molecular weight is 438 g/mol. The molecule has 0 N–H and O–H groups in total. The smallest absolute Gasteiger partial charge is 0.244 e. The van der Waals surface area contributed by atoms with Crippen molar-refractivity contribution < 1.29 is 17.5 Å². The van der Waals surface area contributed by atoms with E-state index in [1.807, 2.05) is 35.7 Å². The Morgan fingerprint density at radius 1 is 1.18 bits per heavy atom. The molecule has 0 fully saturated rings. The molecular weight excluding hydrogens is 421 g/mol. The summed E-state index contributed by atoms with van der Waals surface area (Å²) in [6, 6.07) is 12.4. The summed E-state index contributed by atoms with van der Waals surface area (Å²) in [6.45, 7) is 0.335. The molecule has 1 aliphatic rings. The first kappa shape index (κ1) is 19.4. The minimum absolute atomic E-state index is 0.0175. The Hall–Kier alpha value is -1.93. The van der Waals surface area contributed by atoms with Gasteiger partial charge in [0.2, 0.25) is 10.0 Å². The first-order valence-electron chi connectivity index (χ1n) is 8.59. The van der Waals surface area contributed by atoms with Crippen LogP contribution in [0.5, 0.6) is 5.75 Å². The van der Waals surface area contributed by atoms with Crippen molar-refractivity contribution in [2.75, 3.05) is 13.7 Å². The molecule has 0 spiro atoms. The van der Waals surface area contributed by atoms with Gasteiger partial charge in [-0.05, 0) is 59.3 Å². The van der Waals surface area contributed by atoms with Gasteiger partial charge in [0.1, 0.15) is 11.6 Å². The first-order valence-corrected chi connectivity index (χ1v) is 11.3. The van der Waals surface area contributed by atoms with Crippen LogP contribution < -0.4 is 4.74 Å². The van der Waals surface area contributed by atoms with Crippen LogP contribution in [0.3, 0.4) is 0 Å². The highest BCUT2D eigenvalue weighted by Crippen LogP contribution is 2.41. The van der Waals surface area contributed by atoms with Gasteiger partial charge in [-0.15, -0.1) is 11.3 Å². The molecule has 1 aliphatic heterocycles. The fourth-order valence-electron chi connectivity index (χ4n) is 3.46. The number of nitrogens with zero attached hydrogens (tertiary/aromatic N) is 1. The van der Waals surface area contributed by atoms with Gasteiger partial charge >= 0.3 is 0 Å². The number of methoxy groups -OCH3 is 1. The van der Waals surface area contributed by atoms with Crippen molar-refractivity contribution >= 4 is 33.0 Å². The monoisotopic (exact) mass is 437 g/mol. The number of thiophene rings is 1. The lowest BCUT2D eigenvalue weighted by Gasteiger charge is -2.35. The number of hydrogen-bond donors (Lipinski definition) is 0. The van der Waals surface area contributed by atoms with E-state index >= 15 is 0 Å². The van der Waals surface area contributed by atoms with Crippen LogP contribution in [0, 0.1) is 5.82 Å². The lowest BCUT2D eigenvalue weighted by molar-refractivity contribution is 0.346. The predicted octanol–water partition coefficient (Wildman–Crippen LogP) is 4.89. The van der Waals surface area contributed by atoms with Crippen LogP contribution in [0.4, 0.5) is 4.39 Å². The van der Waals surface area contributed by atoms with Crippen LogP contribution in [-0.4, -0.2) is 26.4 Å². The molecule has 0 aliphatic carbocycles. The van der Waals surface area contributed by atoms with Crippen molar-refractivity contribution in [3.8, 4) is 5.75 Å². The summed E-state index contributed by atoms with van der Waals surface area (Å²) in [5.74, 6) is 0.0518. The molecule has 1 atom stereocenters. The molecule has 0 amide bonds. The normalized spacial score (nSPS) is 17.3. The van der Waals surface area contributed by atoms with Crippen molar-refractivity contribution in [1.82, 2.24) is 4.31 Å². The van der Waals surface area contributed by atoms with E-state index in [1.165, 1.54) is 21.3 Å². The van der Waals surface area contributed by atoms with Gasteiger partial charge in [-0.3, -0.25) is 0 Å². The molecule has 146 valence electrons. The molecule has 0 saturated carbocycles. The Labute approximate surface area is 172 Å². The van der Waals surface area contributed by atoms with Gasteiger partial charge in [-0.25, -0.2) is 12.8 Å². The van der Waals surface area contributed by atoms with E-state index in [2.05, 4.69) is 0 Å². The van der Waals surface area contributed by atoms with E-state index in [-0.39, 0.29) is 9.92 Å². The van der Waals surface area contributed by atoms with Crippen LogP contribution in [-0.2, 0) is 16.4 Å². The van der Waals surface area contributed by atoms with Gasteiger partial charge in [-0.1, -0.05) is 23.7 Å². The van der Waals surface area contributed by atoms with Gasteiger partial charge < -0.3 is 4.74 Å². The fourth-order valence-corrected chi connectivity index (χ4v) is 6.23. The third kappa shape index (κ3) is 3.33. The average Bonchev–Trinajstić information content (AvgIpc) is 3.18. The van der Waals surface area contributed by atoms with E-state index in [0.29, 0.717) is 18.7 Å². The number of benzene rings is 2. The van der Waals surface area contributed by atoms with Crippen molar-refractivity contribution in [2.45, 2.75) is 17.4 Å². The first-order chi connectivity index (χ1) is 13.4. The maximum absolute atomic E-state index is 13.5. The maximum atomic E-state index is 13.5. The molecule has 0 saturated heterocycles. The van der Waals surface area contributed by atoms with E-state index in [4.69, 9.17) is 16.3 Å². The summed E-state index contributed by atoms with van der Waals surface area (Å²) in [4.78, 5) is 1.15. The molecule has 2 heterocycles. The van der Waals surface area contributed by atoms with Gasteiger partial charge in [0.05, 0.1) is 23.1 Å². The molecule has 1 aromatic heterocycles. The maximum Gasteiger partial charge on any atom is 0.244 e. The number of hydrogen-bond acceptors (Lipinski definition) is 4. The van der Waals surface area contributed by atoms with Crippen LogP contribution in [0.1, 0.15) is 22.0 Å². The molecule has 8 heteroatoms. The Morgan fingerprint density at radius 3 is 2.61 bits per heavy atom. The second-order valence-electron chi connectivity index (χ2n) is 6.42. The third-order valence-electron chi connectivity index (χ3n) is 4.85. The quantitative estimate of drug-likeness (QED) is 0.584. The molecule has 0 bridgehead atoms. The van der Waals surface area contributed by atoms with E-state index in [0.717, 1.165) is 17.2 Å². The zero-order chi connectivity index (χ0) is 19.9. The number of halogens is 2. The van der Waals surface area contributed by atoms with Gasteiger partial charge in [0.25, 0.3) is 0 Å². The van der Waals surface area contributed by atoms with Crippen molar-refractivity contribution in [3.63, 3.8) is 0 Å². The SMILES string of the molecule is COc1ccc([C@@H]2c3ccsc3CCN2S(=O)(=O)c2ccc(F)c(Cl)c2)cc1. The van der Waals surface area contributed by atoms with E-state index in [9.17, 15) is 12.8 Å². The van der Waals surface area contributed by atoms with Gasteiger partial charge in [-0.2, -0.15) is 4.31 Å². The van der Waals surface area contributed by atoms with E-state index < -0.39 is 21.9 Å². The summed E-state index contributed by atoms with van der Waals surface area (Å²) in [5.41, 5.74) is 1.81.